The zero-order chi connectivity index (χ0) is 0. The van der Waals surface area contributed by atoms with Gasteiger partial charge in [0.05, 0.1) is 0 Å². The van der Waals surface area contributed by atoms with Crippen LogP contribution in [0.15, 0.2) is 0 Å². The molecule has 0 saturated heterocycles. The van der Waals surface area contributed by atoms with Gasteiger partial charge in [-0.2, -0.15) is 0 Å². The van der Waals surface area contributed by atoms with Crippen molar-refractivity contribution >= 4 is 23.1 Å². The summed E-state index contributed by atoms with van der Waals surface area (Å²) in [4.78, 5) is 0. The maximum Gasteiger partial charge on any atom is 2.00 e. The van der Waals surface area contributed by atoms with Crippen molar-refractivity contribution in [2.45, 2.75) is 0 Å². The standard InChI is InChI=1S/Co.Cr.Fe.Mg.Mn.Zn.2H/q;;;+2;;;2*-1. The van der Waals surface area contributed by atoms with E-state index < -0.39 is 0 Å². The van der Waals surface area contributed by atoms with Crippen molar-refractivity contribution in [3.05, 3.63) is 0 Å². The van der Waals surface area contributed by atoms with E-state index >= 15 is 0 Å². The Labute approximate surface area is 112 Å². The molecule has 0 bridgehead atoms. The molecule has 0 fully saturated rings. The molecule has 0 heterocycles. The molecule has 0 saturated carbocycles. The summed E-state index contributed by atoms with van der Waals surface area (Å²) >= 11 is 0. The first-order chi connectivity index (χ1) is 0. The average molecular weight is 313 g/mol. The molecule has 0 spiro atoms. The molecular formula is H2CoCrFeMgMnZn. The van der Waals surface area contributed by atoms with Crippen LogP contribution in [0, 0.1) is 0 Å². The SMILES string of the molecule is [Co].[Cr].[Fe].[H-].[H-].[Mg+2].[Mn].[Zn]. The average Bonchev–Trinajstić information content (AvgIpc) is 0. The second kappa shape index (κ2) is 39.3. The van der Waals surface area contributed by atoms with Crippen LogP contribution in [0.5, 0.6) is 0 Å². The van der Waals surface area contributed by atoms with E-state index in [0.717, 1.165) is 0 Å². The Hall–Kier alpha value is 3.47. The second-order valence-electron chi connectivity index (χ2n) is 0. The van der Waals surface area contributed by atoms with Gasteiger partial charge in [0.25, 0.3) is 0 Å². The van der Waals surface area contributed by atoms with E-state index in [1.54, 1.807) is 0 Å². The van der Waals surface area contributed by atoms with Crippen molar-refractivity contribution in [1.29, 1.82) is 0 Å². The van der Waals surface area contributed by atoms with Crippen LogP contribution in [0.4, 0.5) is 0 Å². The van der Waals surface area contributed by atoms with E-state index in [0.29, 0.717) is 0 Å². The third-order valence-electron chi connectivity index (χ3n) is 0. The van der Waals surface area contributed by atoms with Crippen LogP contribution in [0.3, 0.4) is 0 Å². The Balaban J connectivity index is 0. The van der Waals surface area contributed by atoms with Gasteiger partial charge in [-0.1, -0.05) is 0 Å². The quantitative estimate of drug-likeness (QED) is 0.545. The van der Waals surface area contributed by atoms with Gasteiger partial charge in [-0.15, -0.1) is 0 Å². The van der Waals surface area contributed by atoms with Gasteiger partial charge < -0.3 is 2.85 Å². The summed E-state index contributed by atoms with van der Waals surface area (Å²) in [7, 11) is 0. The van der Waals surface area contributed by atoms with Crippen LogP contribution in [-0.4, -0.2) is 23.1 Å². The van der Waals surface area contributed by atoms with Gasteiger partial charge in [0.15, 0.2) is 0 Å². The molecular weight excluding hydrogens is 311 g/mol. The van der Waals surface area contributed by atoms with Gasteiger partial charge in [0.2, 0.25) is 0 Å². The van der Waals surface area contributed by atoms with Crippen LogP contribution in [-0.2, 0) is 87.8 Å². The fourth-order valence-electron chi connectivity index (χ4n) is 0. The summed E-state index contributed by atoms with van der Waals surface area (Å²) in [5.41, 5.74) is 0. The first kappa shape index (κ1) is 56.5. The van der Waals surface area contributed by atoms with E-state index in [9.17, 15) is 0 Å². The molecule has 2 radical (unpaired) electrons. The normalized spacial score (nSPS) is 0. The molecule has 0 amide bonds. The van der Waals surface area contributed by atoms with Crippen molar-refractivity contribution in [3.63, 3.8) is 0 Å². The molecule has 0 aliphatic rings. The van der Waals surface area contributed by atoms with Crippen molar-refractivity contribution < 1.29 is 90.6 Å². The van der Waals surface area contributed by atoms with E-state index in [1.807, 2.05) is 0 Å². The summed E-state index contributed by atoms with van der Waals surface area (Å²) < 4.78 is 0. The fraction of sp³-hybridized carbons (Fsp3) is 0. The number of hydrogen-bond acceptors (Lipinski definition) is 0. The van der Waals surface area contributed by atoms with E-state index in [2.05, 4.69) is 0 Å². The first-order valence-corrected chi connectivity index (χ1v) is 0. The molecule has 6 heteroatoms. The minimum atomic E-state index is 0. The van der Waals surface area contributed by atoms with Crippen LogP contribution < -0.4 is 0 Å². The fourth-order valence-corrected chi connectivity index (χ4v) is 0. The van der Waals surface area contributed by atoms with Gasteiger partial charge in [0, 0.05) is 87.8 Å². The molecule has 6 heavy (non-hydrogen) atoms. The molecule has 0 nitrogen and oxygen atoms in total. The smallest absolute Gasteiger partial charge is 1.00 e. The van der Waals surface area contributed by atoms with Crippen LogP contribution in [0.25, 0.3) is 0 Å². The van der Waals surface area contributed by atoms with E-state index in [-0.39, 0.29) is 114 Å². The third kappa shape index (κ3) is 26.0. The van der Waals surface area contributed by atoms with Gasteiger partial charge in [-0.05, 0) is 0 Å². The maximum atomic E-state index is 0. The van der Waals surface area contributed by atoms with Crippen LogP contribution in [0.2, 0.25) is 0 Å². The summed E-state index contributed by atoms with van der Waals surface area (Å²) in [5, 5.41) is 0. The molecule has 0 aromatic rings. The van der Waals surface area contributed by atoms with Crippen molar-refractivity contribution in [2.24, 2.45) is 0 Å². The van der Waals surface area contributed by atoms with Crippen molar-refractivity contribution in [3.8, 4) is 0 Å². The predicted octanol–water partition coefficient (Wildman–Crippen LogP) is -0.168. The monoisotopic (exact) mass is 312 g/mol. The molecule has 0 aromatic carbocycles. The zero-order valence-electron chi connectivity index (χ0n) is 4.89. The van der Waals surface area contributed by atoms with Crippen LogP contribution in [0.1, 0.15) is 2.85 Å². The molecule has 0 aliphatic carbocycles. The number of rotatable bonds is 0. The Morgan fingerprint density at radius 2 is 1.17 bits per heavy atom. The largest absolute Gasteiger partial charge is 2.00 e. The van der Waals surface area contributed by atoms with Gasteiger partial charge >= 0.3 is 23.1 Å². The van der Waals surface area contributed by atoms with Crippen molar-refractivity contribution in [1.82, 2.24) is 0 Å². The van der Waals surface area contributed by atoms with E-state index in [4.69, 9.17) is 0 Å². The Morgan fingerprint density at radius 3 is 1.17 bits per heavy atom. The summed E-state index contributed by atoms with van der Waals surface area (Å²) in [6, 6.07) is 0. The van der Waals surface area contributed by atoms with Gasteiger partial charge in [-0.25, -0.2) is 0 Å². The predicted molar refractivity (Wildman–Crippen MR) is 7.98 cm³/mol. The number of hydrogen-bond donors (Lipinski definition) is 0. The minimum Gasteiger partial charge on any atom is -1.00 e. The van der Waals surface area contributed by atoms with Crippen LogP contribution >= 0.6 is 0 Å². The van der Waals surface area contributed by atoms with Gasteiger partial charge in [-0.3, -0.25) is 0 Å². The van der Waals surface area contributed by atoms with Crippen molar-refractivity contribution in [2.75, 3.05) is 0 Å². The maximum absolute atomic E-state index is 0. The Bertz CT molecular complexity index is 22.0. The summed E-state index contributed by atoms with van der Waals surface area (Å²) in [5.74, 6) is 0. The first-order valence-electron chi connectivity index (χ1n) is 0. The Kier molecular flexibility index (Phi) is 370. The molecule has 0 aromatic heterocycles. The topological polar surface area (TPSA) is 0 Å². The molecule has 0 N–H and O–H groups in total. The third-order valence-corrected chi connectivity index (χ3v) is 0. The molecule has 0 rings (SSSR count). The Morgan fingerprint density at radius 1 is 1.17 bits per heavy atom. The minimum absolute atomic E-state index is 0. The summed E-state index contributed by atoms with van der Waals surface area (Å²) in [6.07, 6.45) is 0. The molecule has 0 unspecified atom stereocenters. The molecule has 0 aliphatic heterocycles. The second-order valence-corrected chi connectivity index (χ2v) is 0. The molecule has 0 atom stereocenters. The zero-order valence-corrected chi connectivity index (χ0v) is 11.9. The van der Waals surface area contributed by atoms with E-state index in [1.165, 1.54) is 0 Å². The molecule has 36 valence electrons. The van der Waals surface area contributed by atoms with Gasteiger partial charge in [0.1, 0.15) is 0 Å². The summed E-state index contributed by atoms with van der Waals surface area (Å²) in [6.45, 7) is 0.